The summed E-state index contributed by atoms with van der Waals surface area (Å²) in [6.07, 6.45) is 0. The van der Waals surface area contributed by atoms with E-state index in [4.69, 9.17) is 40.2 Å². The Morgan fingerprint density at radius 2 is 1.58 bits per heavy atom. The second kappa shape index (κ2) is 9.77. The van der Waals surface area contributed by atoms with Gasteiger partial charge in [0.2, 0.25) is 0 Å². The zero-order chi connectivity index (χ0) is 21.8. The van der Waals surface area contributed by atoms with Gasteiger partial charge in [-0.05, 0) is 67.2 Å². The summed E-state index contributed by atoms with van der Waals surface area (Å²) in [4.78, 5) is 4.52. The van der Waals surface area contributed by atoms with Gasteiger partial charge >= 0.3 is 0 Å². The number of aryl methyl sites for hydroxylation is 1. The topological polar surface area (TPSA) is 27.7 Å². The van der Waals surface area contributed by atoms with E-state index >= 15 is 0 Å². The molecule has 0 unspecified atom stereocenters. The molecule has 3 aromatic carbocycles. The van der Waals surface area contributed by atoms with E-state index in [1.165, 1.54) is 11.3 Å². The highest BCUT2D eigenvalue weighted by molar-refractivity contribution is 7.80. The van der Waals surface area contributed by atoms with Crippen LogP contribution in [0.3, 0.4) is 0 Å². The number of rotatable bonds is 4. The van der Waals surface area contributed by atoms with Crippen molar-refractivity contribution in [3.05, 3.63) is 82.3 Å². The maximum Gasteiger partial charge on any atom is 0.173 e. The van der Waals surface area contributed by atoms with Crippen LogP contribution in [-0.2, 0) is 0 Å². The van der Waals surface area contributed by atoms with Crippen molar-refractivity contribution in [1.82, 2.24) is 4.90 Å². The summed E-state index contributed by atoms with van der Waals surface area (Å²) in [7, 11) is 0. The van der Waals surface area contributed by atoms with Crippen molar-refractivity contribution in [2.75, 3.05) is 36.4 Å². The summed E-state index contributed by atoms with van der Waals surface area (Å²) in [5, 5.41) is 5.35. The SMILES string of the molecule is Cc1ccc(Cl)cc1N1CCN(C(=S)Nc2cc(Cl)ccc2Oc2ccccc2)CC1. The molecule has 0 aliphatic carbocycles. The first kappa shape index (κ1) is 21.8. The van der Waals surface area contributed by atoms with E-state index in [-0.39, 0.29) is 0 Å². The summed E-state index contributed by atoms with van der Waals surface area (Å²) < 4.78 is 6.03. The lowest BCUT2D eigenvalue weighted by Crippen LogP contribution is -2.50. The predicted octanol–water partition coefficient (Wildman–Crippen LogP) is 6.61. The van der Waals surface area contributed by atoms with Crippen LogP contribution in [0.2, 0.25) is 10.0 Å². The maximum absolute atomic E-state index is 6.23. The van der Waals surface area contributed by atoms with E-state index in [9.17, 15) is 0 Å². The molecule has 1 fully saturated rings. The van der Waals surface area contributed by atoms with Crippen molar-refractivity contribution in [3.63, 3.8) is 0 Å². The van der Waals surface area contributed by atoms with Crippen molar-refractivity contribution < 1.29 is 4.74 Å². The average molecular weight is 472 g/mol. The normalized spacial score (nSPS) is 13.8. The van der Waals surface area contributed by atoms with E-state index in [0.29, 0.717) is 15.9 Å². The van der Waals surface area contributed by atoms with Crippen LogP contribution >= 0.6 is 35.4 Å². The number of ether oxygens (including phenoxy) is 1. The molecule has 1 saturated heterocycles. The third-order valence-electron chi connectivity index (χ3n) is 5.23. The van der Waals surface area contributed by atoms with Crippen LogP contribution in [0.5, 0.6) is 11.5 Å². The van der Waals surface area contributed by atoms with Crippen LogP contribution in [0.25, 0.3) is 0 Å². The minimum atomic E-state index is 0.618. The zero-order valence-electron chi connectivity index (χ0n) is 17.1. The number of nitrogens with zero attached hydrogens (tertiary/aromatic N) is 2. The summed E-state index contributed by atoms with van der Waals surface area (Å²) in [5.41, 5.74) is 3.15. The molecule has 0 bridgehead atoms. The molecule has 1 aliphatic rings. The lowest BCUT2D eigenvalue weighted by atomic mass is 10.1. The molecular formula is C24H23Cl2N3OS. The van der Waals surface area contributed by atoms with Gasteiger partial charge in [-0.1, -0.05) is 47.5 Å². The first-order valence-corrected chi connectivity index (χ1v) is 11.3. The van der Waals surface area contributed by atoms with Gasteiger partial charge in [-0.15, -0.1) is 0 Å². The average Bonchev–Trinajstić information content (AvgIpc) is 2.78. The Bertz CT molecular complexity index is 1070. The molecule has 0 radical (unpaired) electrons. The van der Waals surface area contributed by atoms with Gasteiger partial charge in [0.05, 0.1) is 5.69 Å². The minimum Gasteiger partial charge on any atom is -0.455 e. The summed E-state index contributed by atoms with van der Waals surface area (Å²) in [5.74, 6) is 1.43. The fourth-order valence-corrected chi connectivity index (χ4v) is 4.20. The largest absolute Gasteiger partial charge is 0.455 e. The van der Waals surface area contributed by atoms with E-state index in [1.54, 1.807) is 6.07 Å². The molecule has 1 heterocycles. The number of nitrogens with one attached hydrogen (secondary N) is 1. The highest BCUT2D eigenvalue weighted by atomic mass is 35.5. The van der Waals surface area contributed by atoms with E-state index < -0.39 is 0 Å². The number of anilines is 2. The predicted molar refractivity (Wildman–Crippen MR) is 134 cm³/mol. The molecule has 4 nitrogen and oxygen atoms in total. The third kappa shape index (κ3) is 5.42. The van der Waals surface area contributed by atoms with Crippen LogP contribution in [0.15, 0.2) is 66.7 Å². The van der Waals surface area contributed by atoms with E-state index in [1.807, 2.05) is 54.6 Å². The van der Waals surface area contributed by atoms with E-state index in [0.717, 1.165) is 42.6 Å². The number of halogens is 2. The number of benzene rings is 3. The third-order valence-corrected chi connectivity index (χ3v) is 6.06. The number of hydrogen-bond acceptors (Lipinski definition) is 3. The fourth-order valence-electron chi connectivity index (χ4n) is 3.57. The molecule has 1 N–H and O–H groups in total. The highest BCUT2D eigenvalue weighted by Crippen LogP contribution is 2.32. The van der Waals surface area contributed by atoms with Crippen molar-refractivity contribution in [2.24, 2.45) is 0 Å². The van der Waals surface area contributed by atoms with Crippen molar-refractivity contribution >= 4 is 51.9 Å². The second-order valence-electron chi connectivity index (χ2n) is 7.39. The molecule has 0 saturated carbocycles. The first-order chi connectivity index (χ1) is 15.0. The van der Waals surface area contributed by atoms with Crippen LogP contribution in [0.4, 0.5) is 11.4 Å². The standard InChI is InChI=1S/C24H23Cl2N3OS/c1-17-7-8-19(26)16-22(17)28-11-13-29(14-12-28)24(31)27-21-15-18(25)9-10-23(21)30-20-5-3-2-4-6-20/h2-10,15-16H,11-14H2,1H3,(H,27,31). The van der Waals surface area contributed by atoms with Gasteiger partial charge in [-0.2, -0.15) is 0 Å². The summed E-state index contributed by atoms with van der Waals surface area (Å²) in [6, 6.07) is 21.1. The minimum absolute atomic E-state index is 0.618. The molecule has 0 aromatic heterocycles. The lowest BCUT2D eigenvalue weighted by Gasteiger charge is -2.38. The van der Waals surface area contributed by atoms with Crippen LogP contribution in [0.1, 0.15) is 5.56 Å². The number of thiocarbonyl (C=S) groups is 1. The van der Waals surface area contributed by atoms with Gasteiger partial charge in [0, 0.05) is 41.9 Å². The van der Waals surface area contributed by atoms with Crippen LogP contribution < -0.4 is 15.0 Å². The van der Waals surface area contributed by atoms with Crippen molar-refractivity contribution in [2.45, 2.75) is 6.92 Å². The zero-order valence-corrected chi connectivity index (χ0v) is 19.5. The number of para-hydroxylation sites is 1. The van der Waals surface area contributed by atoms with Gasteiger partial charge in [0.25, 0.3) is 0 Å². The summed E-state index contributed by atoms with van der Waals surface area (Å²) in [6.45, 7) is 5.47. The Kier molecular flexibility index (Phi) is 6.86. The van der Waals surface area contributed by atoms with Crippen molar-refractivity contribution in [3.8, 4) is 11.5 Å². The van der Waals surface area contributed by atoms with Crippen molar-refractivity contribution in [1.29, 1.82) is 0 Å². The molecule has 0 spiro atoms. The van der Waals surface area contributed by atoms with Crippen LogP contribution in [0, 0.1) is 6.92 Å². The fraction of sp³-hybridized carbons (Fsp3) is 0.208. The molecule has 0 atom stereocenters. The Balaban J connectivity index is 1.42. The molecule has 7 heteroatoms. The smallest absolute Gasteiger partial charge is 0.173 e. The molecule has 3 aromatic rings. The maximum atomic E-state index is 6.23. The van der Waals surface area contributed by atoms with Crippen LogP contribution in [-0.4, -0.2) is 36.2 Å². The lowest BCUT2D eigenvalue weighted by molar-refractivity contribution is 0.390. The summed E-state index contributed by atoms with van der Waals surface area (Å²) >= 11 is 18.1. The Morgan fingerprint density at radius 1 is 0.903 bits per heavy atom. The quantitative estimate of drug-likeness (QED) is 0.431. The van der Waals surface area contributed by atoms with Gasteiger partial charge in [0.15, 0.2) is 10.9 Å². The van der Waals surface area contributed by atoms with E-state index in [2.05, 4.69) is 28.1 Å². The number of piperazine rings is 1. The monoisotopic (exact) mass is 471 g/mol. The molecule has 160 valence electrons. The van der Waals surface area contributed by atoms with Gasteiger partial charge in [0.1, 0.15) is 5.75 Å². The highest BCUT2D eigenvalue weighted by Gasteiger charge is 2.21. The molecule has 31 heavy (non-hydrogen) atoms. The van der Waals surface area contributed by atoms with Gasteiger partial charge < -0.3 is 19.9 Å². The Morgan fingerprint density at radius 3 is 2.32 bits per heavy atom. The Hall–Kier alpha value is -2.47. The molecule has 0 amide bonds. The molecule has 4 rings (SSSR count). The second-order valence-corrected chi connectivity index (χ2v) is 8.65. The Labute approximate surface area is 198 Å². The number of hydrogen-bond donors (Lipinski definition) is 1. The molecular weight excluding hydrogens is 449 g/mol. The molecule has 1 aliphatic heterocycles. The first-order valence-electron chi connectivity index (χ1n) is 10.1. The van der Waals surface area contributed by atoms with Gasteiger partial charge in [-0.3, -0.25) is 0 Å². The van der Waals surface area contributed by atoms with Gasteiger partial charge in [-0.25, -0.2) is 0 Å².